The number of hydrogen-bond donors (Lipinski definition) is 1. The van der Waals surface area contributed by atoms with Crippen molar-refractivity contribution in [2.24, 2.45) is 0 Å². The van der Waals surface area contributed by atoms with E-state index in [1.165, 1.54) is 23.5 Å². The number of hydrogen-bond acceptors (Lipinski definition) is 3. The molecule has 1 aromatic heterocycles. The Morgan fingerprint density at radius 3 is 2.75 bits per heavy atom. The Balaban J connectivity index is 2.48. The zero-order chi connectivity index (χ0) is 11.7. The maximum absolute atomic E-state index is 13.1. The van der Waals surface area contributed by atoms with Gasteiger partial charge in [0.1, 0.15) is 16.9 Å². The van der Waals surface area contributed by atoms with Gasteiger partial charge in [0.05, 0.1) is 5.69 Å². The summed E-state index contributed by atoms with van der Waals surface area (Å²) in [6.07, 6.45) is -0.578. The lowest BCUT2D eigenvalue weighted by Crippen LogP contribution is -1.89. The number of benzene rings is 1. The summed E-state index contributed by atoms with van der Waals surface area (Å²) in [6, 6.07) is 6.33. The second-order valence-electron chi connectivity index (χ2n) is 3.64. The van der Waals surface area contributed by atoms with Gasteiger partial charge in [-0.15, -0.1) is 11.3 Å². The predicted molar refractivity (Wildman–Crippen MR) is 62.9 cm³/mol. The van der Waals surface area contributed by atoms with Crippen molar-refractivity contribution in [1.82, 2.24) is 4.98 Å². The molecule has 4 heteroatoms. The third-order valence-electron chi connectivity index (χ3n) is 2.27. The van der Waals surface area contributed by atoms with Crippen LogP contribution in [0.25, 0.3) is 11.3 Å². The van der Waals surface area contributed by atoms with E-state index in [0.717, 1.165) is 16.1 Å². The maximum atomic E-state index is 13.1. The van der Waals surface area contributed by atoms with Gasteiger partial charge in [-0.2, -0.15) is 0 Å². The van der Waals surface area contributed by atoms with Crippen LogP contribution in [0.3, 0.4) is 0 Å². The summed E-state index contributed by atoms with van der Waals surface area (Å²) in [5.41, 5.74) is 1.50. The highest BCUT2D eigenvalue weighted by molar-refractivity contribution is 7.12. The van der Waals surface area contributed by atoms with Crippen molar-refractivity contribution < 1.29 is 9.50 Å². The van der Waals surface area contributed by atoms with Gasteiger partial charge >= 0.3 is 0 Å². The third-order valence-corrected chi connectivity index (χ3v) is 3.41. The molecule has 2 aromatic rings. The molecule has 1 atom stereocenters. The summed E-state index contributed by atoms with van der Waals surface area (Å²) in [7, 11) is 0. The third kappa shape index (κ3) is 2.13. The molecule has 0 bridgehead atoms. The van der Waals surface area contributed by atoms with Crippen LogP contribution in [0.15, 0.2) is 24.3 Å². The minimum Gasteiger partial charge on any atom is -0.386 e. The summed E-state index contributed by atoms with van der Waals surface area (Å²) in [5, 5.41) is 10.1. The number of aliphatic hydroxyl groups excluding tert-OH is 1. The number of thiazole rings is 1. The number of rotatable bonds is 2. The van der Waals surface area contributed by atoms with Gasteiger partial charge in [-0.25, -0.2) is 9.37 Å². The van der Waals surface area contributed by atoms with Crippen molar-refractivity contribution in [3.05, 3.63) is 40.0 Å². The van der Waals surface area contributed by atoms with E-state index in [1.54, 1.807) is 13.0 Å². The molecule has 0 fully saturated rings. The normalized spacial score (nSPS) is 12.8. The number of aryl methyl sites for hydroxylation is 1. The number of aromatic nitrogens is 1. The molecule has 0 aliphatic carbocycles. The van der Waals surface area contributed by atoms with Gasteiger partial charge in [-0.05, 0) is 26.0 Å². The standard InChI is InChI=1S/C12H12FNOS/c1-7(15)12-14-11(8(2)16-12)9-4-3-5-10(13)6-9/h3-7,15H,1-2H3. The molecular formula is C12H12FNOS. The summed E-state index contributed by atoms with van der Waals surface area (Å²) in [4.78, 5) is 5.31. The van der Waals surface area contributed by atoms with E-state index in [9.17, 15) is 9.50 Å². The van der Waals surface area contributed by atoms with Gasteiger partial charge in [0.2, 0.25) is 0 Å². The molecule has 2 rings (SSSR count). The molecule has 1 aromatic carbocycles. The molecule has 84 valence electrons. The molecule has 1 unspecified atom stereocenters. The molecule has 0 saturated carbocycles. The summed E-state index contributed by atoms with van der Waals surface area (Å²) >= 11 is 1.44. The summed E-state index contributed by atoms with van der Waals surface area (Å²) in [6.45, 7) is 3.59. The highest BCUT2D eigenvalue weighted by Crippen LogP contribution is 2.30. The molecule has 0 aliphatic heterocycles. The Morgan fingerprint density at radius 1 is 1.44 bits per heavy atom. The lowest BCUT2D eigenvalue weighted by molar-refractivity contribution is 0.199. The first-order valence-corrected chi connectivity index (χ1v) is 5.81. The second-order valence-corrected chi connectivity index (χ2v) is 4.88. The van der Waals surface area contributed by atoms with Crippen LogP contribution in [0, 0.1) is 12.7 Å². The maximum Gasteiger partial charge on any atom is 0.123 e. The lowest BCUT2D eigenvalue weighted by Gasteiger charge is -1.98. The van der Waals surface area contributed by atoms with Crippen molar-refractivity contribution >= 4 is 11.3 Å². The minimum absolute atomic E-state index is 0.275. The van der Waals surface area contributed by atoms with Crippen molar-refractivity contribution in [3.8, 4) is 11.3 Å². The molecule has 1 heterocycles. The van der Waals surface area contributed by atoms with E-state index in [2.05, 4.69) is 4.98 Å². The molecule has 2 nitrogen and oxygen atoms in total. The largest absolute Gasteiger partial charge is 0.386 e. The van der Waals surface area contributed by atoms with Crippen molar-refractivity contribution in [1.29, 1.82) is 0 Å². The van der Waals surface area contributed by atoms with Crippen LogP contribution >= 0.6 is 11.3 Å². The van der Waals surface area contributed by atoms with Gasteiger partial charge in [0, 0.05) is 10.4 Å². The fraction of sp³-hybridized carbons (Fsp3) is 0.250. The van der Waals surface area contributed by atoms with Crippen LogP contribution in [-0.2, 0) is 0 Å². The van der Waals surface area contributed by atoms with Crippen LogP contribution < -0.4 is 0 Å². The average Bonchev–Trinajstić information content (AvgIpc) is 2.60. The first-order valence-electron chi connectivity index (χ1n) is 4.99. The van der Waals surface area contributed by atoms with E-state index in [0.29, 0.717) is 5.01 Å². The molecule has 0 amide bonds. The van der Waals surface area contributed by atoms with E-state index in [-0.39, 0.29) is 5.82 Å². The molecule has 0 aliphatic rings. The van der Waals surface area contributed by atoms with Gasteiger partial charge in [-0.3, -0.25) is 0 Å². The Morgan fingerprint density at radius 2 is 2.19 bits per heavy atom. The van der Waals surface area contributed by atoms with Crippen LogP contribution in [-0.4, -0.2) is 10.1 Å². The Labute approximate surface area is 97.4 Å². The SMILES string of the molecule is Cc1sc(C(C)O)nc1-c1cccc(F)c1. The van der Waals surface area contributed by atoms with Crippen molar-refractivity contribution in [2.75, 3.05) is 0 Å². The van der Waals surface area contributed by atoms with Crippen LogP contribution in [0.2, 0.25) is 0 Å². The first-order chi connectivity index (χ1) is 7.58. The smallest absolute Gasteiger partial charge is 0.123 e. The van der Waals surface area contributed by atoms with E-state index in [4.69, 9.17) is 0 Å². The van der Waals surface area contributed by atoms with E-state index >= 15 is 0 Å². The van der Waals surface area contributed by atoms with Crippen LogP contribution in [0.4, 0.5) is 4.39 Å². The molecular weight excluding hydrogens is 225 g/mol. The van der Waals surface area contributed by atoms with Crippen LogP contribution in [0.1, 0.15) is 22.9 Å². The molecule has 0 spiro atoms. The fourth-order valence-electron chi connectivity index (χ4n) is 1.50. The van der Waals surface area contributed by atoms with E-state index in [1.807, 2.05) is 13.0 Å². The zero-order valence-corrected chi connectivity index (χ0v) is 9.88. The number of nitrogens with zero attached hydrogens (tertiary/aromatic N) is 1. The van der Waals surface area contributed by atoms with Gasteiger partial charge in [0.15, 0.2) is 0 Å². The number of halogens is 1. The minimum atomic E-state index is -0.578. The molecule has 0 saturated heterocycles. The zero-order valence-electron chi connectivity index (χ0n) is 9.07. The Bertz CT molecular complexity index is 507. The fourth-order valence-corrected chi connectivity index (χ4v) is 2.38. The van der Waals surface area contributed by atoms with Gasteiger partial charge in [-0.1, -0.05) is 12.1 Å². The quantitative estimate of drug-likeness (QED) is 0.869. The molecule has 0 radical (unpaired) electrons. The van der Waals surface area contributed by atoms with E-state index < -0.39 is 6.10 Å². The Kier molecular flexibility index (Phi) is 3.03. The van der Waals surface area contributed by atoms with Gasteiger partial charge in [0.25, 0.3) is 0 Å². The monoisotopic (exact) mass is 237 g/mol. The summed E-state index contributed by atoms with van der Waals surface area (Å²) < 4.78 is 13.1. The van der Waals surface area contributed by atoms with Gasteiger partial charge < -0.3 is 5.11 Å². The Hall–Kier alpha value is -1.26. The topological polar surface area (TPSA) is 33.1 Å². The number of aliphatic hydroxyl groups is 1. The highest BCUT2D eigenvalue weighted by atomic mass is 32.1. The highest BCUT2D eigenvalue weighted by Gasteiger charge is 2.13. The van der Waals surface area contributed by atoms with Crippen molar-refractivity contribution in [2.45, 2.75) is 20.0 Å². The molecule has 16 heavy (non-hydrogen) atoms. The first kappa shape index (κ1) is 11.2. The van der Waals surface area contributed by atoms with Crippen LogP contribution in [0.5, 0.6) is 0 Å². The summed E-state index contributed by atoms with van der Waals surface area (Å²) in [5.74, 6) is -0.275. The molecule has 1 N–H and O–H groups in total. The second kappa shape index (κ2) is 4.31. The average molecular weight is 237 g/mol. The lowest BCUT2D eigenvalue weighted by atomic mass is 10.1. The van der Waals surface area contributed by atoms with Crippen molar-refractivity contribution in [3.63, 3.8) is 0 Å². The predicted octanol–water partition coefficient (Wildman–Crippen LogP) is 3.31.